The summed E-state index contributed by atoms with van der Waals surface area (Å²) in [6.45, 7) is 1.32. The normalized spacial score (nSPS) is 16.8. The summed E-state index contributed by atoms with van der Waals surface area (Å²) in [5.74, 6) is -3.00. The van der Waals surface area contributed by atoms with Gasteiger partial charge in [0.2, 0.25) is 11.8 Å². The molecule has 0 bridgehead atoms. The van der Waals surface area contributed by atoms with Crippen LogP contribution in [0.1, 0.15) is 18.9 Å². The number of alkyl halides is 3. The van der Waals surface area contributed by atoms with E-state index in [9.17, 15) is 31.1 Å². The zero-order valence-corrected chi connectivity index (χ0v) is 15.4. The van der Waals surface area contributed by atoms with E-state index in [0.29, 0.717) is 17.3 Å². The molecule has 0 aliphatic heterocycles. The summed E-state index contributed by atoms with van der Waals surface area (Å²) in [5.41, 5.74) is -0.234. The van der Waals surface area contributed by atoms with Crippen LogP contribution in [0.15, 0.2) is 52.6 Å². The molecule has 1 aromatic heterocycles. The largest absolute Gasteiger partial charge is 0.523 e. The zero-order chi connectivity index (χ0) is 22.1. The number of hydrogen-bond acceptors (Lipinski definition) is 4. The summed E-state index contributed by atoms with van der Waals surface area (Å²) >= 11 is 0. The fraction of sp³-hybridized carbons (Fsp3) is 0.263. The summed E-state index contributed by atoms with van der Waals surface area (Å²) in [4.78, 5) is 15.2. The molecular formula is C19H15F6N3O2. The minimum Gasteiger partial charge on any atom is -0.326 e. The van der Waals surface area contributed by atoms with Crippen molar-refractivity contribution in [2.45, 2.75) is 32.4 Å². The van der Waals surface area contributed by atoms with Gasteiger partial charge in [0.25, 0.3) is 0 Å². The second-order valence-corrected chi connectivity index (χ2v) is 6.61. The van der Waals surface area contributed by atoms with Gasteiger partial charge < -0.3 is 9.88 Å². The average Bonchev–Trinajstić information content (AvgIpc) is 2.59. The molecule has 1 aliphatic rings. The molecule has 1 unspecified atom stereocenters. The average molecular weight is 431 g/mol. The molecule has 1 heterocycles. The molecule has 2 aromatic rings. The predicted octanol–water partition coefficient (Wildman–Crippen LogP) is 4.26. The fourth-order valence-electron chi connectivity index (χ4n) is 2.93. The molecule has 160 valence electrons. The maximum Gasteiger partial charge on any atom is 0.523 e. The molecular weight excluding hydrogens is 416 g/mol. The smallest absolute Gasteiger partial charge is 0.326 e. The number of ether oxygens (including phenoxy) is 1. The SMILES string of the molecule is CC1=C(Nc2nc(=O)c(F)cn2Cc2cc(F)cc(F)c2)C=CC(OC(F)(F)F)C1. The lowest BCUT2D eigenvalue weighted by atomic mass is 10.0. The molecule has 0 saturated heterocycles. The second-order valence-electron chi connectivity index (χ2n) is 6.61. The van der Waals surface area contributed by atoms with Crippen molar-refractivity contribution in [2.24, 2.45) is 0 Å². The Hall–Kier alpha value is -3.08. The van der Waals surface area contributed by atoms with Gasteiger partial charge >= 0.3 is 11.9 Å². The van der Waals surface area contributed by atoms with Crippen molar-refractivity contribution in [3.05, 3.63) is 81.2 Å². The number of allylic oxidation sites excluding steroid dienone is 1. The number of hydrogen-bond donors (Lipinski definition) is 1. The predicted molar refractivity (Wildman–Crippen MR) is 94.9 cm³/mol. The van der Waals surface area contributed by atoms with E-state index in [1.807, 2.05) is 0 Å². The van der Waals surface area contributed by atoms with E-state index < -0.39 is 35.5 Å². The quantitative estimate of drug-likeness (QED) is 0.719. The van der Waals surface area contributed by atoms with Crippen LogP contribution in [0.5, 0.6) is 0 Å². The van der Waals surface area contributed by atoms with Gasteiger partial charge in [-0.25, -0.2) is 8.78 Å². The standard InChI is InChI=1S/C19H15F6N3O2/c1-10-4-14(30-19(23,24)25)2-3-16(10)26-18-27-17(29)15(22)9-28(18)8-11-5-12(20)7-13(21)6-11/h2-3,5-7,9,14H,4,8H2,1H3,(H,26,27,29). The Morgan fingerprint density at radius 1 is 1.20 bits per heavy atom. The van der Waals surface area contributed by atoms with Crippen molar-refractivity contribution in [3.8, 4) is 0 Å². The molecule has 1 N–H and O–H groups in total. The van der Waals surface area contributed by atoms with Crippen LogP contribution in [0.25, 0.3) is 0 Å². The molecule has 3 rings (SSSR count). The molecule has 1 atom stereocenters. The first-order valence-corrected chi connectivity index (χ1v) is 8.61. The van der Waals surface area contributed by atoms with Gasteiger partial charge in [0.15, 0.2) is 0 Å². The van der Waals surface area contributed by atoms with Gasteiger partial charge in [-0.1, -0.05) is 6.08 Å². The summed E-state index contributed by atoms with van der Waals surface area (Å²) in [7, 11) is 0. The van der Waals surface area contributed by atoms with E-state index in [1.165, 1.54) is 12.2 Å². The van der Waals surface area contributed by atoms with Crippen molar-refractivity contribution >= 4 is 5.95 Å². The van der Waals surface area contributed by atoms with Crippen molar-refractivity contribution in [1.29, 1.82) is 0 Å². The molecule has 0 fully saturated rings. The number of rotatable bonds is 5. The van der Waals surface area contributed by atoms with Crippen molar-refractivity contribution < 1.29 is 31.1 Å². The molecule has 11 heteroatoms. The molecule has 0 saturated carbocycles. The lowest BCUT2D eigenvalue weighted by Crippen LogP contribution is -2.26. The minimum absolute atomic E-state index is 0.0844. The Kier molecular flexibility index (Phi) is 6.01. The monoisotopic (exact) mass is 431 g/mol. The van der Waals surface area contributed by atoms with E-state index in [-0.39, 0.29) is 24.5 Å². The topological polar surface area (TPSA) is 56.2 Å². The van der Waals surface area contributed by atoms with Crippen LogP contribution in [0, 0.1) is 17.5 Å². The lowest BCUT2D eigenvalue weighted by molar-refractivity contribution is -0.336. The Balaban J connectivity index is 1.87. The van der Waals surface area contributed by atoms with E-state index >= 15 is 0 Å². The first kappa shape index (κ1) is 21.6. The third kappa shape index (κ3) is 5.50. The van der Waals surface area contributed by atoms with Gasteiger partial charge in [0.05, 0.1) is 12.6 Å². The van der Waals surface area contributed by atoms with Gasteiger partial charge in [0.1, 0.15) is 11.6 Å². The second kappa shape index (κ2) is 8.34. The van der Waals surface area contributed by atoms with Crippen LogP contribution in [0.3, 0.4) is 0 Å². The third-order valence-electron chi connectivity index (χ3n) is 4.20. The van der Waals surface area contributed by atoms with E-state index in [2.05, 4.69) is 15.0 Å². The van der Waals surface area contributed by atoms with Crippen molar-refractivity contribution in [3.63, 3.8) is 0 Å². The molecule has 0 spiro atoms. The lowest BCUT2D eigenvalue weighted by Gasteiger charge is -2.23. The highest BCUT2D eigenvalue weighted by Crippen LogP contribution is 2.27. The highest BCUT2D eigenvalue weighted by atomic mass is 19.4. The van der Waals surface area contributed by atoms with E-state index in [1.54, 1.807) is 6.92 Å². The highest BCUT2D eigenvalue weighted by molar-refractivity contribution is 5.45. The summed E-state index contributed by atoms with van der Waals surface area (Å²) in [6.07, 6.45) is -2.78. The van der Waals surface area contributed by atoms with Gasteiger partial charge in [-0.05, 0) is 36.3 Å². The first-order chi connectivity index (χ1) is 14.0. The third-order valence-corrected chi connectivity index (χ3v) is 4.20. The zero-order valence-electron chi connectivity index (χ0n) is 15.4. The van der Waals surface area contributed by atoms with Crippen LogP contribution in [-0.4, -0.2) is 22.0 Å². The van der Waals surface area contributed by atoms with Crippen molar-refractivity contribution in [1.82, 2.24) is 9.55 Å². The molecule has 1 aliphatic carbocycles. The highest BCUT2D eigenvalue weighted by Gasteiger charge is 2.33. The number of aromatic nitrogens is 2. The van der Waals surface area contributed by atoms with Crippen LogP contribution in [0.4, 0.5) is 32.3 Å². The summed E-state index contributed by atoms with van der Waals surface area (Å²) in [5, 5.41) is 2.75. The summed E-state index contributed by atoms with van der Waals surface area (Å²) < 4.78 is 82.9. The Bertz CT molecular complexity index is 1050. The fourth-order valence-corrected chi connectivity index (χ4v) is 2.93. The van der Waals surface area contributed by atoms with Gasteiger partial charge in [0, 0.05) is 24.4 Å². The van der Waals surface area contributed by atoms with Gasteiger partial charge in [-0.2, -0.15) is 9.37 Å². The maximum absolute atomic E-state index is 13.8. The van der Waals surface area contributed by atoms with Crippen molar-refractivity contribution in [2.75, 3.05) is 5.32 Å². The number of halogens is 6. The van der Waals surface area contributed by atoms with E-state index in [0.717, 1.165) is 22.9 Å². The number of nitrogens with zero attached hydrogens (tertiary/aromatic N) is 2. The molecule has 30 heavy (non-hydrogen) atoms. The Morgan fingerprint density at radius 2 is 1.87 bits per heavy atom. The number of nitrogens with one attached hydrogen (secondary N) is 1. The molecule has 5 nitrogen and oxygen atoms in total. The van der Waals surface area contributed by atoms with Crippen LogP contribution < -0.4 is 10.9 Å². The van der Waals surface area contributed by atoms with E-state index in [4.69, 9.17) is 0 Å². The van der Waals surface area contributed by atoms with Crippen LogP contribution in [-0.2, 0) is 11.3 Å². The first-order valence-electron chi connectivity index (χ1n) is 8.61. The molecule has 0 amide bonds. The van der Waals surface area contributed by atoms with Gasteiger partial charge in [-0.15, -0.1) is 13.2 Å². The van der Waals surface area contributed by atoms with Crippen LogP contribution >= 0.6 is 0 Å². The Labute approximate surface area is 166 Å². The van der Waals surface area contributed by atoms with Gasteiger partial charge in [-0.3, -0.25) is 9.53 Å². The minimum atomic E-state index is -4.79. The maximum atomic E-state index is 13.8. The number of benzene rings is 1. The molecule has 1 aromatic carbocycles. The molecule has 0 radical (unpaired) electrons. The summed E-state index contributed by atoms with van der Waals surface area (Å²) in [6, 6.07) is 2.74. The number of anilines is 1. The Morgan fingerprint density at radius 3 is 2.47 bits per heavy atom. The van der Waals surface area contributed by atoms with Crippen LogP contribution in [0.2, 0.25) is 0 Å².